The number of hydrogen-bond acceptors (Lipinski definition) is 3. The molecule has 0 N–H and O–H groups in total. The highest BCUT2D eigenvalue weighted by molar-refractivity contribution is 7.98. The Morgan fingerprint density at radius 3 is 2.57 bits per heavy atom. The van der Waals surface area contributed by atoms with E-state index in [1.807, 2.05) is 24.3 Å². The molecule has 1 aromatic heterocycles. The van der Waals surface area contributed by atoms with Crippen molar-refractivity contribution < 1.29 is 4.74 Å². The van der Waals surface area contributed by atoms with Crippen LogP contribution < -0.4 is 4.74 Å². The van der Waals surface area contributed by atoms with E-state index in [4.69, 9.17) is 9.72 Å². The van der Waals surface area contributed by atoms with E-state index in [1.54, 1.807) is 18.9 Å². The van der Waals surface area contributed by atoms with Gasteiger partial charge in [0.25, 0.3) is 0 Å². The number of para-hydroxylation sites is 2. The molecule has 0 amide bonds. The second-order valence-electron chi connectivity index (χ2n) is 5.26. The van der Waals surface area contributed by atoms with Crippen LogP contribution in [0.5, 0.6) is 5.75 Å². The molecule has 0 spiro atoms. The normalized spacial score (nSPS) is 11.2. The van der Waals surface area contributed by atoms with Gasteiger partial charge < -0.3 is 4.74 Å². The molecule has 3 aromatic carbocycles. The SMILES string of the molecule is COc1ccc2ccccc2c1-n1c(SC)nc2ccccc21. The van der Waals surface area contributed by atoms with Gasteiger partial charge in [-0.25, -0.2) is 4.98 Å². The molecule has 114 valence electrons. The van der Waals surface area contributed by atoms with Crippen molar-refractivity contribution in [2.75, 3.05) is 13.4 Å². The van der Waals surface area contributed by atoms with E-state index in [2.05, 4.69) is 47.2 Å². The van der Waals surface area contributed by atoms with Crippen LogP contribution in [0, 0.1) is 0 Å². The van der Waals surface area contributed by atoms with Gasteiger partial charge >= 0.3 is 0 Å². The van der Waals surface area contributed by atoms with Gasteiger partial charge in [-0.1, -0.05) is 54.2 Å². The van der Waals surface area contributed by atoms with Crippen LogP contribution in [0.3, 0.4) is 0 Å². The maximum Gasteiger partial charge on any atom is 0.173 e. The highest BCUT2D eigenvalue weighted by atomic mass is 32.2. The summed E-state index contributed by atoms with van der Waals surface area (Å²) in [5, 5.41) is 3.30. The largest absolute Gasteiger partial charge is 0.495 e. The number of aromatic nitrogens is 2. The Hall–Kier alpha value is -2.46. The topological polar surface area (TPSA) is 27.1 Å². The van der Waals surface area contributed by atoms with Crippen LogP contribution in [0.15, 0.2) is 65.8 Å². The zero-order valence-corrected chi connectivity index (χ0v) is 13.8. The standard InChI is InChI=1S/C19H16N2OS/c1-22-17-12-11-13-7-3-4-8-14(13)18(17)21-16-10-6-5-9-15(16)20-19(21)23-2/h3-12H,1-2H3. The van der Waals surface area contributed by atoms with E-state index in [-0.39, 0.29) is 0 Å². The first-order valence-corrected chi connectivity index (χ1v) is 8.63. The third-order valence-electron chi connectivity index (χ3n) is 4.02. The van der Waals surface area contributed by atoms with E-state index < -0.39 is 0 Å². The minimum absolute atomic E-state index is 0.849. The number of methoxy groups -OCH3 is 1. The Morgan fingerprint density at radius 2 is 1.74 bits per heavy atom. The molecule has 0 unspecified atom stereocenters. The van der Waals surface area contributed by atoms with Crippen molar-refractivity contribution in [3.05, 3.63) is 60.7 Å². The lowest BCUT2D eigenvalue weighted by Crippen LogP contribution is -2.00. The molecule has 0 fully saturated rings. The second kappa shape index (κ2) is 5.63. The molecule has 4 rings (SSSR count). The first-order chi connectivity index (χ1) is 11.3. The van der Waals surface area contributed by atoms with E-state index in [0.717, 1.165) is 33.0 Å². The average Bonchev–Trinajstić information content (AvgIpc) is 2.99. The van der Waals surface area contributed by atoms with Crippen molar-refractivity contribution in [2.24, 2.45) is 0 Å². The van der Waals surface area contributed by atoms with Gasteiger partial charge in [0.15, 0.2) is 5.16 Å². The van der Waals surface area contributed by atoms with Gasteiger partial charge in [-0.05, 0) is 29.8 Å². The van der Waals surface area contributed by atoms with Crippen molar-refractivity contribution >= 4 is 33.6 Å². The summed E-state index contributed by atoms with van der Waals surface area (Å²) in [6.45, 7) is 0. The minimum atomic E-state index is 0.849. The first kappa shape index (κ1) is 14.2. The number of rotatable bonds is 3. The minimum Gasteiger partial charge on any atom is -0.495 e. The quantitative estimate of drug-likeness (QED) is 0.502. The molecule has 3 nitrogen and oxygen atoms in total. The zero-order valence-electron chi connectivity index (χ0n) is 13.0. The van der Waals surface area contributed by atoms with Gasteiger partial charge in [0.1, 0.15) is 5.75 Å². The summed E-state index contributed by atoms with van der Waals surface area (Å²) in [4.78, 5) is 4.76. The third kappa shape index (κ3) is 2.18. The summed E-state index contributed by atoms with van der Waals surface area (Å²) < 4.78 is 7.86. The molecule has 0 saturated heterocycles. The lowest BCUT2D eigenvalue weighted by Gasteiger charge is -2.15. The fourth-order valence-electron chi connectivity index (χ4n) is 2.99. The summed E-state index contributed by atoms with van der Waals surface area (Å²) in [5.74, 6) is 0.849. The van der Waals surface area contributed by atoms with E-state index in [1.165, 1.54) is 5.39 Å². The molecule has 0 aliphatic heterocycles. The predicted octanol–water partition coefficient (Wildman–Crippen LogP) is 4.91. The molecule has 4 heteroatoms. The molecule has 0 atom stereocenters. The molecular weight excluding hydrogens is 304 g/mol. The highest BCUT2D eigenvalue weighted by Gasteiger charge is 2.17. The number of benzene rings is 3. The molecule has 0 aliphatic rings. The van der Waals surface area contributed by atoms with Gasteiger partial charge in [-0.2, -0.15) is 0 Å². The van der Waals surface area contributed by atoms with Crippen LogP contribution in [0.25, 0.3) is 27.5 Å². The van der Waals surface area contributed by atoms with Crippen LogP contribution in [0.2, 0.25) is 0 Å². The summed E-state index contributed by atoms with van der Waals surface area (Å²) >= 11 is 1.64. The fourth-order valence-corrected chi connectivity index (χ4v) is 3.55. The summed E-state index contributed by atoms with van der Waals surface area (Å²) in [6, 6.07) is 20.7. The number of nitrogens with zero attached hydrogens (tertiary/aromatic N) is 2. The van der Waals surface area contributed by atoms with Gasteiger partial charge in [-0.15, -0.1) is 0 Å². The fraction of sp³-hybridized carbons (Fsp3) is 0.105. The molecule has 0 saturated carbocycles. The van der Waals surface area contributed by atoms with Crippen molar-refractivity contribution in [1.29, 1.82) is 0 Å². The second-order valence-corrected chi connectivity index (χ2v) is 6.03. The van der Waals surface area contributed by atoms with Gasteiger partial charge in [0, 0.05) is 5.39 Å². The molecule has 0 aliphatic carbocycles. The maximum atomic E-state index is 5.67. The van der Waals surface area contributed by atoms with Crippen LogP contribution in [0.1, 0.15) is 0 Å². The molecular formula is C19H16N2OS. The number of imidazole rings is 1. The monoisotopic (exact) mass is 320 g/mol. The number of thioether (sulfide) groups is 1. The Kier molecular flexibility index (Phi) is 3.46. The zero-order chi connectivity index (χ0) is 15.8. The van der Waals surface area contributed by atoms with E-state index in [0.29, 0.717) is 0 Å². The number of hydrogen-bond donors (Lipinski definition) is 0. The van der Waals surface area contributed by atoms with E-state index in [9.17, 15) is 0 Å². The van der Waals surface area contributed by atoms with Gasteiger partial charge in [-0.3, -0.25) is 4.57 Å². The maximum absolute atomic E-state index is 5.67. The van der Waals surface area contributed by atoms with Crippen molar-refractivity contribution in [3.8, 4) is 11.4 Å². The van der Waals surface area contributed by atoms with Crippen molar-refractivity contribution in [2.45, 2.75) is 5.16 Å². The van der Waals surface area contributed by atoms with Crippen LogP contribution >= 0.6 is 11.8 Å². The molecule has 0 radical (unpaired) electrons. The van der Waals surface area contributed by atoms with Gasteiger partial charge in [0.2, 0.25) is 0 Å². The Labute approximate surface area is 138 Å². The summed E-state index contributed by atoms with van der Waals surface area (Å²) in [6.07, 6.45) is 2.05. The van der Waals surface area contributed by atoms with Crippen LogP contribution in [-0.2, 0) is 0 Å². The Bertz CT molecular complexity index is 1010. The number of ether oxygens (including phenoxy) is 1. The number of fused-ring (bicyclic) bond motifs is 2. The Balaban J connectivity index is 2.18. The predicted molar refractivity (Wildman–Crippen MR) is 96.9 cm³/mol. The van der Waals surface area contributed by atoms with Crippen molar-refractivity contribution in [1.82, 2.24) is 9.55 Å². The molecule has 0 bridgehead atoms. The summed E-state index contributed by atoms with van der Waals surface area (Å²) in [7, 11) is 1.71. The third-order valence-corrected chi connectivity index (χ3v) is 4.66. The highest BCUT2D eigenvalue weighted by Crippen LogP contribution is 2.36. The molecule has 1 heterocycles. The Morgan fingerprint density at radius 1 is 0.957 bits per heavy atom. The molecule has 23 heavy (non-hydrogen) atoms. The van der Waals surface area contributed by atoms with Gasteiger partial charge in [0.05, 0.1) is 23.8 Å². The summed E-state index contributed by atoms with van der Waals surface area (Å²) in [5.41, 5.74) is 3.13. The first-order valence-electron chi connectivity index (χ1n) is 7.41. The molecule has 4 aromatic rings. The lowest BCUT2D eigenvalue weighted by atomic mass is 10.1. The van der Waals surface area contributed by atoms with Crippen LogP contribution in [0.4, 0.5) is 0 Å². The smallest absolute Gasteiger partial charge is 0.173 e. The van der Waals surface area contributed by atoms with E-state index >= 15 is 0 Å². The lowest BCUT2D eigenvalue weighted by molar-refractivity contribution is 0.413. The van der Waals surface area contributed by atoms with Crippen LogP contribution in [-0.4, -0.2) is 22.9 Å². The van der Waals surface area contributed by atoms with Crippen molar-refractivity contribution in [3.63, 3.8) is 0 Å². The average molecular weight is 320 g/mol.